The number of hydrogen-bond acceptors (Lipinski definition) is 5. The van der Waals surface area contributed by atoms with Crippen molar-refractivity contribution in [3.05, 3.63) is 108 Å². The quantitative estimate of drug-likeness (QED) is 0.271. The monoisotopic (exact) mass is 532 g/mol. The van der Waals surface area contributed by atoms with Crippen LogP contribution in [-0.4, -0.2) is 59.6 Å². The second kappa shape index (κ2) is 11.6. The fourth-order valence-corrected chi connectivity index (χ4v) is 6.82. The summed E-state index contributed by atoms with van der Waals surface area (Å²) in [4.78, 5) is 33.8. The number of benzene rings is 3. The van der Waals surface area contributed by atoms with Gasteiger partial charge in [-0.3, -0.25) is 14.5 Å². The van der Waals surface area contributed by atoms with E-state index in [1.807, 2.05) is 75.4 Å². The van der Waals surface area contributed by atoms with Crippen LogP contribution in [0, 0.1) is 0 Å². The summed E-state index contributed by atoms with van der Waals surface area (Å²) in [5.74, 6) is -0.281. The van der Waals surface area contributed by atoms with E-state index in [0.717, 1.165) is 16.7 Å². The molecule has 38 heavy (non-hydrogen) atoms. The molecule has 200 valence electrons. The van der Waals surface area contributed by atoms with Crippen LogP contribution in [-0.2, 0) is 19.1 Å². The lowest BCUT2D eigenvalue weighted by Crippen LogP contribution is -2.51. The molecule has 0 aromatic heterocycles. The van der Waals surface area contributed by atoms with Crippen LogP contribution in [0.4, 0.5) is 4.79 Å². The molecule has 1 fully saturated rings. The Morgan fingerprint density at radius 2 is 1.29 bits per heavy atom. The van der Waals surface area contributed by atoms with Gasteiger partial charge in [0.05, 0.1) is 11.9 Å². The number of amides is 2. The largest absolute Gasteiger partial charge is 0.444 e. The zero-order chi connectivity index (χ0) is 27.3. The molecule has 0 spiro atoms. The molecule has 3 aromatic carbocycles. The summed E-state index contributed by atoms with van der Waals surface area (Å²) in [6, 6.07) is 30.3. The minimum Gasteiger partial charge on any atom is -0.444 e. The Balaban J connectivity index is 1.85. The van der Waals surface area contributed by atoms with Crippen molar-refractivity contribution in [1.29, 1.82) is 0 Å². The first-order valence-electron chi connectivity index (χ1n) is 12.8. The fraction of sp³-hybridized carbons (Fsp3) is 0.355. The minimum absolute atomic E-state index is 0.228. The molecule has 7 heteroatoms. The van der Waals surface area contributed by atoms with Crippen molar-refractivity contribution in [1.82, 2.24) is 9.96 Å². The van der Waals surface area contributed by atoms with Crippen LogP contribution < -0.4 is 0 Å². The van der Waals surface area contributed by atoms with Crippen LogP contribution in [0.1, 0.15) is 43.9 Å². The maximum atomic E-state index is 13.7. The number of thioether (sulfide) groups is 1. The molecular weight excluding hydrogens is 496 g/mol. The number of likely N-dealkylation sites (N-methyl/N-ethyl adjacent to an activating group) is 1. The summed E-state index contributed by atoms with van der Waals surface area (Å²) in [5, 5.41) is 0.976. The summed E-state index contributed by atoms with van der Waals surface area (Å²) in [6.07, 6.45) is 0.139. The molecule has 6 nitrogen and oxygen atoms in total. The van der Waals surface area contributed by atoms with E-state index in [4.69, 9.17) is 9.57 Å². The standard InChI is InChI=1S/C31H36N2O4S/c1-30(2,3)37-29(35)33-22-21-26(27(33)28(34)32(4)36-5)38-31(23-15-9-6-10-16-23,24-17-11-7-12-18-24)25-19-13-8-14-20-25/h6-20,26-27H,21-22H2,1-5H3. The third-order valence-electron chi connectivity index (χ3n) is 6.68. The van der Waals surface area contributed by atoms with Crippen molar-refractivity contribution in [3.8, 4) is 0 Å². The van der Waals surface area contributed by atoms with E-state index in [9.17, 15) is 9.59 Å². The van der Waals surface area contributed by atoms with E-state index < -0.39 is 22.5 Å². The Kier molecular flexibility index (Phi) is 8.48. The molecule has 0 saturated carbocycles. The molecule has 0 N–H and O–H groups in total. The molecule has 2 atom stereocenters. The summed E-state index contributed by atoms with van der Waals surface area (Å²) >= 11 is 1.71. The molecule has 1 saturated heterocycles. The zero-order valence-electron chi connectivity index (χ0n) is 22.7. The number of hydrogen-bond donors (Lipinski definition) is 0. The molecule has 0 bridgehead atoms. The molecule has 0 aliphatic carbocycles. The van der Waals surface area contributed by atoms with Gasteiger partial charge in [0, 0.05) is 18.8 Å². The van der Waals surface area contributed by atoms with E-state index in [1.54, 1.807) is 23.7 Å². The first-order valence-corrected chi connectivity index (χ1v) is 13.7. The lowest BCUT2D eigenvalue weighted by atomic mass is 9.84. The number of carbonyl (C=O) groups excluding carboxylic acids is 2. The Hall–Kier alpha value is -3.29. The maximum Gasteiger partial charge on any atom is 0.411 e. The van der Waals surface area contributed by atoms with Crippen molar-refractivity contribution >= 4 is 23.8 Å². The highest BCUT2D eigenvalue weighted by Crippen LogP contribution is 2.52. The van der Waals surface area contributed by atoms with Crippen LogP contribution in [0.15, 0.2) is 91.0 Å². The smallest absolute Gasteiger partial charge is 0.411 e. The average molecular weight is 533 g/mol. The van der Waals surface area contributed by atoms with Gasteiger partial charge >= 0.3 is 6.09 Å². The number of nitrogens with zero attached hydrogens (tertiary/aromatic N) is 2. The summed E-state index contributed by atoms with van der Waals surface area (Å²) in [5.41, 5.74) is 2.63. The van der Waals surface area contributed by atoms with Crippen LogP contribution in [0.2, 0.25) is 0 Å². The fourth-order valence-electron chi connectivity index (χ4n) is 4.93. The SMILES string of the molecule is CON(C)C(=O)C1C(SC(c2ccccc2)(c2ccccc2)c2ccccc2)CCN1C(=O)OC(C)(C)C. The molecule has 1 aliphatic heterocycles. The van der Waals surface area contributed by atoms with Gasteiger partial charge in [0.2, 0.25) is 0 Å². The number of hydroxylamine groups is 2. The topological polar surface area (TPSA) is 59.1 Å². The first-order chi connectivity index (χ1) is 18.2. The summed E-state index contributed by atoms with van der Waals surface area (Å²) in [7, 11) is 3.03. The predicted octanol–water partition coefficient (Wildman–Crippen LogP) is 6.11. The Morgan fingerprint density at radius 1 is 0.842 bits per heavy atom. The van der Waals surface area contributed by atoms with Gasteiger partial charge in [0.25, 0.3) is 5.91 Å². The minimum atomic E-state index is -0.754. The van der Waals surface area contributed by atoms with E-state index >= 15 is 0 Å². The molecule has 3 aromatic rings. The first kappa shape index (κ1) is 27.7. The summed E-state index contributed by atoms with van der Waals surface area (Å²) in [6.45, 7) is 5.90. The van der Waals surface area contributed by atoms with Gasteiger partial charge in [0.15, 0.2) is 0 Å². The van der Waals surface area contributed by atoms with Crippen LogP contribution in [0.3, 0.4) is 0 Å². The second-order valence-corrected chi connectivity index (χ2v) is 11.8. The van der Waals surface area contributed by atoms with E-state index in [1.165, 1.54) is 12.2 Å². The van der Waals surface area contributed by atoms with Crippen molar-refractivity contribution < 1.29 is 19.2 Å². The van der Waals surface area contributed by atoms with Crippen LogP contribution in [0.5, 0.6) is 0 Å². The molecule has 2 amide bonds. The van der Waals surface area contributed by atoms with Gasteiger partial charge < -0.3 is 4.74 Å². The van der Waals surface area contributed by atoms with Gasteiger partial charge in [-0.25, -0.2) is 9.86 Å². The van der Waals surface area contributed by atoms with E-state index in [0.29, 0.717) is 13.0 Å². The lowest BCUT2D eigenvalue weighted by molar-refractivity contribution is -0.173. The van der Waals surface area contributed by atoms with Gasteiger partial charge in [-0.2, -0.15) is 0 Å². The number of rotatable bonds is 7. The Morgan fingerprint density at radius 3 is 1.68 bits per heavy atom. The lowest BCUT2D eigenvalue weighted by Gasteiger charge is -2.39. The average Bonchev–Trinajstić information content (AvgIpc) is 3.35. The molecule has 4 rings (SSSR count). The normalized spacial score (nSPS) is 17.8. The third-order valence-corrected chi connectivity index (χ3v) is 8.53. The van der Waals surface area contributed by atoms with Crippen LogP contribution >= 0.6 is 11.8 Å². The second-order valence-electron chi connectivity index (χ2n) is 10.4. The van der Waals surface area contributed by atoms with Gasteiger partial charge in [-0.05, 0) is 43.9 Å². The molecule has 0 radical (unpaired) electrons. The predicted molar refractivity (Wildman–Crippen MR) is 152 cm³/mol. The highest BCUT2D eigenvalue weighted by molar-refractivity contribution is 8.01. The van der Waals surface area contributed by atoms with E-state index in [-0.39, 0.29) is 11.2 Å². The highest BCUT2D eigenvalue weighted by Gasteiger charge is 2.50. The zero-order valence-corrected chi connectivity index (χ0v) is 23.5. The number of ether oxygens (including phenoxy) is 1. The molecule has 1 heterocycles. The van der Waals surface area contributed by atoms with Gasteiger partial charge in [-0.15, -0.1) is 11.8 Å². The highest BCUT2D eigenvalue weighted by atomic mass is 32.2. The maximum absolute atomic E-state index is 13.7. The van der Waals surface area contributed by atoms with Crippen molar-refractivity contribution in [2.24, 2.45) is 0 Å². The summed E-state index contributed by atoms with van der Waals surface area (Å²) < 4.78 is 5.09. The molecule has 1 aliphatic rings. The molecule has 2 unspecified atom stereocenters. The number of carbonyl (C=O) groups is 2. The van der Waals surface area contributed by atoms with Gasteiger partial charge in [0.1, 0.15) is 11.6 Å². The van der Waals surface area contributed by atoms with Crippen molar-refractivity contribution in [3.63, 3.8) is 0 Å². The number of likely N-dealkylation sites (tertiary alicyclic amines) is 1. The van der Waals surface area contributed by atoms with Crippen molar-refractivity contribution in [2.75, 3.05) is 20.7 Å². The third kappa shape index (κ3) is 5.74. The van der Waals surface area contributed by atoms with Crippen molar-refractivity contribution in [2.45, 2.75) is 48.8 Å². The Bertz CT molecular complexity index is 1120. The Labute approximate surface area is 229 Å². The van der Waals surface area contributed by atoms with Crippen LogP contribution in [0.25, 0.3) is 0 Å². The van der Waals surface area contributed by atoms with Gasteiger partial charge in [-0.1, -0.05) is 91.0 Å². The van der Waals surface area contributed by atoms with E-state index in [2.05, 4.69) is 36.4 Å². The molecular formula is C31H36N2O4S.